The molecule has 1 heterocycles. The highest BCUT2D eigenvalue weighted by Crippen LogP contribution is 2.34. The predicted octanol–water partition coefficient (Wildman–Crippen LogP) is 2.65. The Morgan fingerprint density at radius 1 is 1.27 bits per heavy atom. The van der Waals surface area contributed by atoms with Gasteiger partial charge in [-0.2, -0.15) is 0 Å². The maximum Gasteiger partial charge on any atom is 0.339 e. The van der Waals surface area contributed by atoms with Crippen molar-refractivity contribution in [2.45, 2.75) is 58.1 Å². The number of hydrogen-bond acceptors (Lipinski definition) is 6. The lowest BCUT2D eigenvalue weighted by molar-refractivity contribution is -0.128. The Kier molecular flexibility index (Phi) is 6.17. The number of carbonyl (C=O) groups is 2. The van der Waals surface area contributed by atoms with Crippen LogP contribution in [0.25, 0.3) is 10.9 Å². The highest BCUT2D eigenvalue weighted by molar-refractivity contribution is 6.06. The van der Waals surface area contributed by atoms with Gasteiger partial charge in [0.2, 0.25) is 5.91 Å². The second-order valence-electron chi connectivity index (χ2n) is 8.61. The van der Waals surface area contributed by atoms with E-state index in [1.807, 2.05) is 13.8 Å². The third-order valence-corrected chi connectivity index (χ3v) is 5.52. The molecule has 1 aliphatic carbocycles. The van der Waals surface area contributed by atoms with Crippen LogP contribution in [0.5, 0.6) is 5.75 Å². The number of nitrogen functional groups attached to an aromatic ring is 1. The van der Waals surface area contributed by atoms with E-state index in [2.05, 4.69) is 10.3 Å². The number of aromatic carboxylic acids is 1. The van der Waals surface area contributed by atoms with Gasteiger partial charge in [0.1, 0.15) is 17.9 Å². The van der Waals surface area contributed by atoms with Gasteiger partial charge in [0.25, 0.3) is 0 Å². The number of pyridine rings is 1. The average molecular weight is 415 g/mol. The molecule has 0 bridgehead atoms. The quantitative estimate of drug-likeness (QED) is 0.569. The molecule has 8 heteroatoms. The molecule has 1 amide bonds. The summed E-state index contributed by atoms with van der Waals surface area (Å²) in [7, 11) is 0. The van der Waals surface area contributed by atoms with Gasteiger partial charge in [0.05, 0.1) is 33.9 Å². The van der Waals surface area contributed by atoms with E-state index in [4.69, 9.17) is 10.5 Å². The van der Waals surface area contributed by atoms with E-state index in [-0.39, 0.29) is 35.8 Å². The summed E-state index contributed by atoms with van der Waals surface area (Å²) in [6, 6.07) is 5.23. The lowest BCUT2D eigenvalue weighted by atomic mass is 9.86. The summed E-state index contributed by atoms with van der Waals surface area (Å²) >= 11 is 0. The number of rotatable bonds is 6. The number of hydrogen-bond donors (Lipinski definition) is 4. The Balaban J connectivity index is 1.76. The van der Waals surface area contributed by atoms with Gasteiger partial charge in [0.15, 0.2) is 0 Å². The van der Waals surface area contributed by atoms with Crippen molar-refractivity contribution in [1.29, 1.82) is 0 Å². The fraction of sp³-hybridized carbons (Fsp3) is 0.500. The number of aliphatic hydroxyl groups excluding tert-OH is 1. The number of benzene rings is 1. The first-order chi connectivity index (χ1) is 14.1. The smallest absolute Gasteiger partial charge is 0.339 e. The van der Waals surface area contributed by atoms with Gasteiger partial charge in [-0.3, -0.25) is 9.78 Å². The third-order valence-electron chi connectivity index (χ3n) is 5.52. The fourth-order valence-corrected chi connectivity index (χ4v) is 3.90. The van der Waals surface area contributed by atoms with Gasteiger partial charge >= 0.3 is 5.97 Å². The first-order valence-corrected chi connectivity index (χ1v) is 10.1. The van der Waals surface area contributed by atoms with Gasteiger partial charge in [-0.25, -0.2) is 4.79 Å². The zero-order valence-corrected chi connectivity index (χ0v) is 17.6. The highest BCUT2D eigenvalue weighted by atomic mass is 16.5. The van der Waals surface area contributed by atoms with E-state index in [9.17, 15) is 19.8 Å². The van der Waals surface area contributed by atoms with Gasteiger partial charge < -0.3 is 26.0 Å². The minimum Gasteiger partial charge on any atom is -0.490 e. The van der Waals surface area contributed by atoms with Crippen molar-refractivity contribution in [3.63, 3.8) is 0 Å². The molecule has 0 unspecified atom stereocenters. The number of nitrogens with zero attached hydrogens (tertiary/aromatic N) is 1. The van der Waals surface area contributed by atoms with Crippen molar-refractivity contribution < 1.29 is 24.5 Å². The van der Waals surface area contributed by atoms with Crippen LogP contribution < -0.4 is 15.8 Å². The van der Waals surface area contributed by atoms with E-state index in [0.717, 1.165) is 0 Å². The number of amides is 1. The van der Waals surface area contributed by atoms with Crippen LogP contribution in [0, 0.1) is 12.8 Å². The number of fused-ring (bicyclic) bond motifs is 1. The molecule has 0 saturated heterocycles. The number of carboxylic acid groups (broad SMARTS) is 1. The van der Waals surface area contributed by atoms with Gasteiger partial charge in [-0.05, 0) is 58.6 Å². The maximum absolute atomic E-state index is 12.6. The molecule has 1 aromatic heterocycles. The number of anilines is 1. The molecular formula is C22H29N3O5. The van der Waals surface area contributed by atoms with Gasteiger partial charge in [-0.1, -0.05) is 6.07 Å². The lowest BCUT2D eigenvalue weighted by Crippen LogP contribution is -2.50. The van der Waals surface area contributed by atoms with Crippen LogP contribution in [0.15, 0.2) is 18.2 Å². The molecule has 1 saturated carbocycles. The van der Waals surface area contributed by atoms with E-state index >= 15 is 0 Å². The Morgan fingerprint density at radius 2 is 1.93 bits per heavy atom. The van der Waals surface area contributed by atoms with Crippen LogP contribution in [-0.2, 0) is 4.79 Å². The van der Waals surface area contributed by atoms with Crippen molar-refractivity contribution in [1.82, 2.24) is 10.3 Å². The molecule has 8 nitrogen and oxygen atoms in total. The number of aromatic nitrogens is 1. The molecule has 0 aliphatic heterocycles. The first-order valence-electron chi connectivity index (χ1n) is 10.1. The first kappa shape index (κ1) is 21.8. The van der Waals surface area contributed by atoms with Crippen molar-refractivity contribution in [3.8, 4) is 5.75 Å². The molecule has 1 fully saturated rings. The summed E-state index contributed by atoms with van der Waals surface area (Å²) in [4.78, 5) is 28.5. The third kappa shape index (κ3) is 4.64. The molecule has 30 heavy (non-hydrogen) atoms. The maximum atomic E-state index is 12.6. The normalized spacial score (nSPS) is 19.5. The number of aryl methyl sites for hydroxylation is 1. The molecule has 3 rings (SSSR count). The van der Waals surface area contributed by atoms with Crippen LogP contribution in [0.4, 0.5) is 5.69 Å². The van der Waals surface area contributed by atoms with Crippen LogP contribution in [0.1, 0.15) is 55.6 Å². The van der Waals surface area contributed by atoms with Crippen LogP contribution in [-0.4, -0.2) is 45.3 Å². The molecule has 0 atom stereocenters. The standard InChI is InChI=1S/C22H29N3O5/c1-12-17(21(28)29)19(23)18-15(24-12)5-4-6-16(18)30-11-22(2,3)25-20(27)13-7-9-14(26)10-8-13/h4-6,13-14,26H,7-11H2,1-3H3,(H2,23,24)(H,25,27)(H,28,29)/t13-,14+. The summed E-state index contributed by atoms with van der Waals surface area (Å²) in [5.74, 6) is -0.868. The molecule has 0 radical (unpaired) electrons. The minimum atomic E-state index is -1.14. The summed E-state index contributed by atoms with van der Waals surface area (Å²) in [6.07, 6.45) is 2.32. The number of aliphatic hydroxyl groups is 1. The summed E-state index contributed by atoms with van der Waals surface area (Å²) in [5.41, 5.74) is 6.48. The second kappa shape index (κ2) is 8.47. The Labute approximate surface area is 175 Å². The number of carboxylic acids is 1. The number of nitrogens with one attached hydrogen (secondary N) is 1. The molecular weight excluding hydrogens is 386 g/mol. The van der Waals surface area contributed by atoms with E-state index in [0.29, 0.717) is 48.0 Å². The van der Waals surface area contributed by atoms with E-state index < -0.39 is 11.5 Å². The fourth-order valence-electron chi connectivity index (χ4n) is 3.90. The van der Waals surface area contributed by atoms with Gasteiger partial charge in [0, 0.05) is 5.92 Å². The zero-order valence-electron chi connectivity index (χ0n) is 17.6. The van der Waals surface area contributed by atoms with E-state index in [1.54, 1.807) is 25.1 Å². The summed E-state index contributed by atoms with van der Waals surface area (Å²) in [6.45, 7) is 5.50. The average Bonchev–Trinajstić information content (AvgIpc) is 2.66. The number of ether oxygens (including phenoxy) is 1. The summed E-state index contributed by atoms with van der Waals surface area (Å²) < 4.78 is 5.98. The van der Waals surface area contributed by atoms with Crippen LogP contribution >= 0.6 is 0 Å². The Hall–Kier alpha value is -2.87. The second-order valence-corrected chi connectivity index (χ2v) is 8.61. The SMILES string of the molecule is Cc1nc2cccc(OCC(C)(C)NC(=O)[C@H]3CC[C@@H](O)CC3)c2c(N)c1C(=O)O. The lowest BCUT2D eigenvalue weighted by Gasteiger charge is -2.31. The minimum absolute atomic E-state index is 0.0365. The molecule has 162 valence electrons. The van der Waals surface area contributed by atoms with Gasteiger partial charge in [-0.15, -0.1) is 0 Å². The topological polar surface area (TPSA) is 135 Å². The molecule has 0 spiro atoms. The van der Waals surface area contributed by atoms with E-state index in [1.165, 1.54) is 0 Å². The van der Waals surface area contributed by atoms with Crippen molar-refractivity contribution in [2.24, 2.45) is 5.92 Å². The Morgan fingerprint density at radius 3 is 2.57 bits per heavy atom. The largest absolute Gasteiger partial charge is 0.490 e. The highest BCUT2D eigenvalue weighted by Gasteiger charge is 2.30. The van der Waals surface area contributed by atoms with Crippen molar-refractivity contribution >= 4 is 28.5 Å². The zero-order chi connectivity index (χ0) is 22.1. The molecule has 1 aromatic carbocycles. The summed E-state index contributed by atoms with van der Waals surface area (Å²) in [5, 5.41) is 22.6. The molecule has 2 aromatic rings. The van der Waals surface area contributed by atoms with Crippen LogP contribution in [0.2, 0.25) is 0 Å². The monoisotopic (exact) mass is 415 g/mol. The molecule has 1 aliphatic rings. The van der Waals surface area contributed by atoms with Crippen molar-refractivity contribution in [2.75, 3.05) is 12.3 Å². The Bertz CT molecular complexity index is 965. The predicted molar refractivity (Wildman–Crippen MR) is 114 cm³/mol. The molecule has 5 N–H and O–H groups in total. The number of carbonyl (C=O) groups excluding carboxylic acids is 1. The van der Waals surface area contributed by atoms with Crippen LogP contribution in [0.3, 0.4) is 0 Å². The van der Waals surface area contributed by atoms with Crippen molar-refractivity contribution in [3.05, 3.63) is 29.5 Å². The number of nitrogens with two attached hydrogens (primary N) is 1.